The van der Waals surface area contributed by atoms with Crippen LogP contribution in [-0.4, -0.2) is 35.6 Å². The smallest absolute Gasteiger partial charge is 0.128 e. The van der Waals surface area contributed by atoms with Crippen LogP contribution in [0.4, 0.5) is 5.82 Å². The summed E-state index contributed by atoms with van der Waals surface area (Å²) in [7, 11) is 0. The third-order valence-electron chi connectivity index (χ3n) is 3.35. The van der Waals surface area contributed by atoms with E-state index >= 15 is 0 Å². The Morgan fingerprint density at radius 3 is 3.00 bits per heavy atom. The number of thioether (sulfide) groups is 1. The molecule has 3 nitrogen and oxygen atoms in total. The largest absolute Gasteiger partial charge is 0.355 e. The van der Waals surface area contributed by atoms with Crippen LogP contribution in [-0.2, 0) is 0 Å². The summed E-state index contributed by atoms with van der Waals surface area (Å²) in [6, 6.07) is 4.74. The second-order valence-electron chi connectivity index (χ2n) is 4.86. The maximum absolute atomic E-state index is 4.62. The first-order valence-electron chi connectivity index (χ1n) is 6.76. The van der Waals surface area contributed by atoms with Crippen LogP contribution >= 0.6 is 11.8 Å². The number of pyridine rings is 1. The van der Waals surface area contributed by atoms with Crippen LogP contribution in [0.5, 0.6) is 0 Å². The van der Waals surface area contributed by atoms with Gasteiger partial charge in [-0.3, -0.25) is 0 Å². The van der Waals surface area contributed by atoms with Crippen LogP contribution in [0, 0.1) is 0 Å². The van der Waals surface area contributed by atoms with Crippen molar-refractivity contribution in [1.29, 1.82) is 0 Å². The Labute approximate surface area is 114 Å². The zero-order valence-electron chi connectivity index (χ0n) is 11.5. The Kier molecular flexibility index (Phi) is 4.89. The van der Waals surface area contributed by atoms with Gasteiger partial charge in [-0.25, -0.2) is 4.98 Å². The minimum absolute atomic E-state index is 0.382. The second kappa shape index (κ2) is 6.43. The molecule has 1 aliphatic rings. The molecule has 2 heterocycles. The van der Waals surface area contributed by atoms with E-state index in [1.807, 2.05) is 6.20 Å². The third kappa shape index (κ3) is 3.39. The van der Waals surface area contributed by atoms with Gasteiger partial charge in [-0.05, 0) is 25.1 Å². The summed E-state index contributed by atoms with van der Waals surface area (Å²) in [4.78, 5) is 7.01. The van der Waals surface area contributed by atoms with Crippen LogP contribution in [0.3, 0.4) is 0 Å². The Morgan fingerprint density at radius 1 is 1.56 bits per heavy atom. The maximum atomic E-state index is 4.62. The van der Waals surface area contributed by atoms with E-state index < -0.39 is 0 Å². The van der Waals surface area contributed by atoms with Gasteiger partial charge in [0.2, 0.25) is 0 Å². The molecule has 0 saturated carbocycles. The molecule has 2 unspecified atom stereocenters. The predicted molar refractivity (Wildman–Crippen MR) is 80.5 cm³/mol. The molecule has 18 heavy (non-hydrogen) atoms. The first kappa shape index (κ1) is 13.7. The third-order valence-corrected chi connectivity index (χ3v) is 4.48. The van der Waals surface area contributed by atoms with E-state index in [1.165, 1.54) is 11.3 Å². The number of aromatic nitrogens is 1. The number of rotatable bonds is 4. The highest BCUT2D eigenvalue weighted by molar-refractivity contribution is 8.00. The molecule has 4 heteroatoms. The van der Waals surface area contributed by atoms with E-state index in [1.54, 1.807) is 0 Å². The van der Waals surface area contributed by atoms with Gasteiger partial charge in [0.05, 0.1) is 0 Å². The molecule has 1 fully saturated rings. The van der Waals surface area contributed by atoms with Gasteiger partial charge in [-0.2, -0.15) is 11.8 Å². The molecular formula is C14H23N3S. The summed E-state index contributed by atoms with van der Waals surface area (Å²) in [5.74, 6) is 2.33. The second-order valence-corrected chi connectivity index (χ2v) is 6.40. The lowest BCUT2D eigenvalue weighted by Crippen LogP contribution is -2.37. The van der Waals surface area contributed by atoms with Crippen molar-refractivity contribution in [2.24, 2.45) is 0 Å². The average molecular weight is 265 g/mol. The zero-order valence-corrected chi connectivity index (χ0v) is 12.3. The Balaban J connectivity index is 2.02. The molecule has 0 radical (unpaired) electrons. The van der Waals surface area contributed by atoms with Crippen LogP contribution in [0.1, 0.15) is 32.4 Å². The molecule has 1 aromatic rings. The van der Waals surface area contributed by atoms with Crippen molar-refractivity contribution in [3.8, 4) is 0 Å². The molecule has 1 N–H and O–H groups in total. The molecule has 0 amide bonds. The van der Waals surface area contributed by atoms with E-state index in [4.69, 9.17) is 0 Å². The Morgan fingerprint density at radius 2 is 2.39 bits per heavy atom. The highest BCUT2D eigenvalue weighted by Gasteiger charge is 2.17. The Bertz CT molecular complexity index is 366. The lowest BCUT2D eigenvalue weighted by atomic mass is 10.1. The quantitative estimate of drug-likeness (QED) is 0.906. The van der Waals surface area contributed by atoms with Gasteiger partial charge in [0, 0.05) is 36.3 Å². The fourth-order valence-electron chi connectivity index (χ4n) is 2.29. The van der Waals surface area contributed by atoms with Crippen LogP contribution in [0.2, 0.25) is 0 Å². The topological polar surface area (TPSA) is 28.2 Å². The summed E-state index contributed by atoms with van der Waals surface area (Å²) in [6.45, 7) is 9.82. The number of nitrogens with zero attached hydrogens (tertiary/aromatic N) is 2. The summed E-state index contributed by atoms with van der Waals surface area (Å²) in [6.07, 6.45) is 2.01. The molecule has 1 saturated heterocycles. The molecule has 2 rings (SSSR count). The standard InChI is InChI=1S/C14H23N3S/c1-4-15-12(3)13-5-6-14(16-9-13)17-7-8-18-11(2)10-17/h5-6,9,11-12,15H,4,7-8,10H2,1-3H3. The van der Waals surface area contributed by atoms with Gasteiger partial charge in [-0.15, -0.1) is 0 Å². The molecule has 0 aliphatic carbocycles. The van der Waals surface area contributed by atoms with Crippen molar-refractivity contribution in [2.45, 2.75) is 32.1 Å². The summed E-state index contributed by atoms with van der Waals surface area (Å²) >= 11 is 2.05. The first-order chi connectivity index (χ1) is 8.70. The highest BCUT2D eigenvalue weighted by Crippen LogP contribution is 2.23. The van der Waals surface area contributed by atoms with Gasteiger partial charge in [0.1, 0.15) is 5.82 Å². The van der Waals surface area contributed by atoms with Gasteiger partial charge in [0.15, 0.2) is 0 Å². The summed E-state index contributed by atoms with van der Waals surface area (Å²) in [5.41, 5.74) is 1.26. The van der Waals surface area contributed by atoms with Gasteiger partial charge in [-0.1, -0.05) is 19.9 Å². The molecule has 0 bridgehead atoms. The van der Waals surface area contributed by atoms with Gasteiger partial charge < -0.3 is 10.2 Å². The molecule has 100 valence electrons. The van der Waals surface area contributed by atoms with Crippen molar-refractivity contribution in [1.82, 2.24) is 10.3 Å². The van der Waals surface area contributed by atoms with E-state index in [2.05, 4.69) is 59.9 Å². The molecule has 0 aromatic carbocycles. The van der Waals surface area contributed by atoms with Crippen molar-refractivity contribution in [3.63, 3.8) is 0 Å². The normalized spacial score (nSPS) is 21.9. The average Bonchev–Trinajstić information content (AvgIpc) is 2.39. The van der Waals surface area contributed by atoms with Crippen LogP contribution in [0.25, 0.3) is 0 Å². The lowest BCUT2D eigenvalue weighted by molar-refractivity contribution is 0.596. The monoisotopic (exact) mass is 265 g/mol. The van der Waals surface area contributed by atoms with Crippen molar-refractivity contribution in [3.05, 3.63) is 23.9 Å². The minimum atomic E-state index is 0.382. The Hall–Kier alpha value is -0.740. The SMILES string of the molecule is CCNC(C)c1ccc(N2CCSC(C)C2)nc1. The number of hydrogen-bond donors (Lipinski definition) is 1. The van der Waals surface area contributed by atoms with Crippen molar-refractivity contribution >= 4 is 17.6 Å². The van der Waals surface area contributed by atoms with E-state index in [9.17, 15) is 0 Å². The molecular weight excluding hydrogens is 242 g/mol. The van der Waals surface area contributed by atoms with E-state index in [0.717, 1.165) is 25.5 Å². The fraction of sp³-hybridized carbons (Fsp3) is 0.643. The maximum Gasteiger partial charge on any atom is 0.128 e. The fourth-order valence-corrected chi connectivity index (χ4v) is 3.30. The number of hydrogen-bond acceptors (Lipinski definition) is 4. The number of anilines is 1. The zero-order chi connectivity index (χ0) is 13.0. The number of nitrogens with one attached hydrogen (secondary N) is 1. The van der Waals surface area contributed by atoms with Gasteiger partial charge in [0.25, 0.3) is 0 Å². The first-order valence-corrected chi connectivity index (χ1v) is 7.81. The predicted octanol–water partition coefficient (Wildman–Crippen LogP) is 2.69. The molecule has 1 aromatic heterocycles. The van der Waals surface area contributed by atoms with Gasteiger partial charge >= 0.3 is 0 Å². The summed E-state index contributed by atoms with van der Waals surface area (Å²) < 4.78 is 0. The summed E-state index contributed by atoms with van der Waals surface area (Å²) in [5, 5.41) is 4.12. The minimum Gasteiger partial charge on any atom is -0.355 e. The molecule has 1 aliphatic heterocycles. The van der Waals surface area contributed by atoms with E-state index in [0.29, 0.717) is 11.3 Å². The van der Waals surface area contributed by atoms with Crippen LogP contribution < -0.4 is 10.2 Å². The molecule has 2 atom stereocenters. The lowest BCUT2D eigenvalue weighted by Gasteiger charge is -2.31. The van der Waals surface area contributed by atoms with E-state index in [-0.39, 0.29) is 0 Å². The van der Waals surface area contributed by atoms with Crippen molar-refractivity contribution < 1.29 is 0 Å². The van der Waals surface area contributed by atoms with Crippen LogP contribution in [0.15, 0.2) is 18.3 Å². The highest BCUT2D eigenvalue weighted by atomic mass is 32.2. The molecule has 0 spiro atoms. The van der Waals surface area contributed by atoms with Crippen molar-refractivity contribution in [2.75, 3.05) is 30.3 Å².